The highest BCUT2D eigenvalue weighted by molar-refractivity contribution is 5.81. The highest BCUT2D eigenvalue weighted by atomic mass is 19.1. The predicted molar refractivity (Wildman–Crippen MR) is 85.1 cm³/mol. The van der Waals surface area contributed by atoms with Crippen molar-refractivity contribution in [3.63, 3.8) is 0 Å². The molecular weight excluding hydrogens is 303 g/mol. The van der Waals surface area contributed by atoms with Gasteiger partial charge in [0.05, 0.1) is 6.33 Å². The number of nitrogens with two attached hydrogens (primary N) is 1. The van der Waals surface area contributed by atoms with Gasteiger partial charge in [-0.2, -0.15) is 4.98 Å². The van der Waals surface area contributed by atoms with Gasteiger partial charge in [-0.3, -0.25) is 4.79 Å². The number of anilines is 1. The number of nitrogens with zero attached hydrogens (tertiary/aromatic N) is 2. The SMILES string of the molecule is CNC(=O)CN(C)c1nc2ccc(OC/C(=C/F)CN)cc2o1. The molecule has 0 aliphatic heterocycles. The largest absolute Gasteiger partial charge is 0.489 e. The van der Waals surface area contributed by atoms with Gasteiger partial charge in [-0.15, -0.1) is 0 Å². The predicted octanol–water partition coefficient (Wildman–Crippen LogP) is 1.20. The molecule has 0 unspecified atom stereocenters. The van der Waals surface area contributed by atoms with Gasteiger partial charge in [0.2, 0.25) is 5.91 Å². The zero-order valence-electron chi connectivity index (χ0n) is 13.0. The van der Waals surface area contributed by atoms with Crippen molar-refractivity contribution in [2.45, 2.75) is 0 Å². The molecule has 1 aromatic heterocycles. The van der Waals surface area contributed by atoms with Gasteiger partial charge in [0.15, 0.2) is 5.58 Å². The number of carbonyl (C=O) groups is 1. The first-order valence-electron chi connectivity index (χ1n) is 7.00. The highest BCUT2D eigenvalue weighted by Gasteiger charge is 2.13. The van der Waals surface area contributed by atoms with Crippen LogP contribution in [0.4, 0.5) is 10.4 Å². The second-order valence-electron chi connectivity index (χ2n) is 4.92. The van der Waals surface area contributed by atoms with Gasteiger partial charge in [0.25, 0.3) is 6.01 Å². The Bertz CT molecular complexity index is 714. The van der Waals surface area contributed by atoms with Crippen molar-refractivity contribution < 1.29 is 18.3 Å². The van der Waals surface area contributed by atoms with Crippen molar-refractivity contribution >= 4 is 23.0 Å². The van der Waals surface area contributed by atoms with Gasteiger partial charge in [-0.1, -0.05) is 0 Å². The summed E-state index contributed by atoms with van der Waals surface area (Å²) in [6.07, 6.45) is 0.443. The zero-order valence-corrected chi connectivity index (χ0v) is 13.0. The third-order valence-electron chi connectivity index (χ3n) is 3.18. The molecule has 2 rings (SSSR count). The van der Waals surface area contributed by atoms with Crippen LogP contribution in [-0.4, -0.2) is 44.7 Å². The molecule has 0 aliphatic carbocycles. The van der Waals surface area contributed by atoms with Crippen molar-refractivity contribution in [1.29, 1.82) is 0 Å². The van der Waals surface area contributed by atoms with Crippen molar-refractivity contribution in [3.8, 4) is 5.75 Å². The maximum atomic E-state index is 12.5. The summed E-state index contributed by atoms with van der Waals surface area (Å²) in [5.41, 5.74) is 6.88. The Morgan fingerprint density at radius 3 is 3.00 bits per heavy atom. The smallest absolute Gasteiger partial charge is 0.298 e. The zero-order chi connectivity index (χ0) is 16.8. The molecule has 7 nitrogen and oxygen atoms in total. The maximum Gasteiger partial charge on any atom is 0.298 e. The summed E-state index contributed by atoms with van der Waals surface area (Å²) in [4.78, 5) is 17.3. The number of hydrogen-bond acceptors (Lipinski definition) is 6. The number of ether oxygens (including phenoxy) is 1. The normalized spacial score (nSPS) is 11.6. The van der Waals surface area contributed by atoms with Crippen LogP contribution in [0.25, 0.3) is 11.1 Å². The van der Waals surface area contributed by atoms with E-state index in [1.807, 2.05) is 0 Å². The Morgan fingerprint density at radius 2 is 2.35 bits per heavy atom. The molecule has 8 heteroatoms. The number of oxazole rings is 1. The molecule has 0 aliphatic rings. The van der Waals surface area contributed by atoms with Crippen LogP contribution in [-0.2, 0) is 4.79 Å². The fourth-order valence-electron chi connectivity index (χ4n) is 1.82. The topological polar surface area (TPSA) is 93.6 Å². The lowest BCUT2D eigenvalue weighted by atomic mass is 10.3. The molecule has 1 heterocycles. The summed E-state index contributed by atoms with van der Waals surface area (Å²) in [5, 5.41) is 2.53. The molecule has 0 saturated carbocycles. The average Bonchev–Trinajstić information content (AvgIpc) is 2.99. The molecule has 23 heavy (non-hydrogen) atoms. The molecule has 3 N–H and O–H groups in total. The van der Waals surface area contributed by atoms with Gasteiger partial charge in [0, 0.05) is 32.3 Å². The molecule has 2 aromatic rings. The second kappa shape index (κ2) is 7.59. The van der Waals surface area contributed by atoms with Crippen LogP contribution in [0, 0.1) is 0 Å². The molecule has 1 amide bonds. The van der Waals surface area contributed by atoms with Crippen molar-refractivity contribution in [2.75, 3.05) is 38.7 Å². The van der Waals surface area contributed by atoms with Crippen LogP contribution in [0.3, 0.4) is 0 Å². The summed E-state index contributed by atoms with van der Waals surface area (Å²) >= 11 is 0. The first-order chi connectivity index (χ1) is 11.1. The quantitative estimate of drug-likeness (QED) is 0.795. The molecule has 0 fully saturated rings. The lowest BCUT2D eigenvalue weighted by Gasteiger charge is -2.12. The lowest BCUT2D eigenvalue weighted by Crippen LogP contribution is -2.33. The average molecular weight is 322 g/mol. The second-order valence-corrected chi connectivity index (χ2v) is 4.92. The molecule has 0 atom stereocenters. The number of hydrogen-bond donors (Lipinski definition) is 2. The van der Waals surface area contributed by atoms with E-state index in [2.05, 4.69) is 10.3 Å². The summed E-state index contributed by atoms with van der Waals surface area (Å²) < 4.78 is 23.5. The monoisotopic (exact) mass is 322 g/mol. The number of aromatic nitrogens is 1. The van der Waals surface area contributed by atoms with E-state index in [-0.39, 0.29) is 25.6 Å². The third kappa shape index (κ3) is 4.19. The number of rotatable bonds is 7. The van der Waals surface area contributed by atoms with E-state index in [1.165, 1.54) is 0 Å². The van der Waals surface area contributed by atoms with Crippen LogP contribution in [0.2, 0.25) is 0 Å². The minimum atomic E-state index is -0.147. The minimum Gasteiger partial charge on any atom is -0.489 e. The van der Waals surface area contributed by atoms with E-state index in [0.717, 1.165) is 0 Å². The van der Waals surface area contributed by atoms with Gasteiger partial charge in [-0.25, -0.2) is 4.39 Å². The van der Waals surface area contributed by atoms with Gasteiger partial charge in [-0.05, 0) is 12.1 Å². The van der Waals surface area contributed by atoms with E-state index < -0.39 is 0 Å². The van der Waals surface area contributed by atoms with Crippen LogP contribution in [0.1, 0.15) is 0 Å². The standard InChI is InChI=1S/C15H19FN4O3/c1-18-14(21)8-20(2)15-19-12-4-3-11(5-13(12)23-15)22-9-10(6-16)7-17/h3-6H,7-9,17H2,1-2H3,(H,18,21)/b10-6+. The van der Waals surface area contributed by atoms with Crippen molar-refractivity contribution in [1.82, 2.24) is 10.3 Å². The number of benzene rings is 1. The number of nitrogens with one attached hydrogen (secondary N) is 1. The van der Waals surface area contributed by atoms with E-state index in [0.29, 0.717) is 34.8 Å². The molecule has 124 valence electrons. The Kier molecular flexibility index (Phi) is 5.53. The molecule has 0 bridgehead atoms. The first-order valence-corrected chi connectivity index (χ1v) is 7.00. The fraction of sp³-hybridized carbons (Fsp3) is 0.333. The summed E-state index contributed by atoms with van der Waals surface area (Å²) in [6.45, 7) is 0.291. The number of fused-ring (bicyclic) bond motifs is 1. The van der Waals surface area contributed by atoms with Crippen molar-refractivity contribution in [2.24, 2.45) is 5.73 Å². The lowest BCUT2D eigenvalue weighted by molar-refractivity contribution is -0.119. The van der Waals surface area contributed by atoms with Gasteiger partial charge in [0.1, 0.15) is 24.4 Å². The Morgan fingerprint density at radius 1 is 1.57 bits per heavy atom. The van der Waals surface area contributed by atoms with E-state index in [9.17, 15) is 9.18 Å². The third-order valence-corrected chi connectivity index (χ3v) is 3.18. The van der Waals surface area contributed by atoms with E-state index in [4.69, 9.17) is 14.9 Å². The number of amides is 1. The van der Waals surface area contributed by atoms with Crippen LogP contribution >= 0.6 is 0 Å². The van der Waals surface area contributed by atoms with Crippen molar-refractivity contribution in [3.05, 3.63) is 30.1 Å². The fourth-order valence-corrected chi connectivity index (χ4v) is 1.82. The molecule has 0 radical (unpaired) electrons. The van der Waals surface area contributed by atoms with Gasteiger partial charge >= 0.3 is 0 Å². The number of carbonyl (C=O) groups excluding carboxylic acids is 1. The van der Waals surface area contributed by atoms with Crippen LogP contribution in [0.15, 0.2) is 34.5 Å². The Labute approximate surface area is 132 Å². The van der Waals surface area contributed by atoms with Crippen LogP contribution < -0.4 is 20.7 Å². The molecular formula is C15H19FN4O3. The Hall–Kier alpha value is -2.61. The van der Waals surface area contributed by atoms with E-state index >= 15 is 0 Å². The van der Waals surface area contributed by atoms with Crippen LogP contribution in [0.5, 0.6) is 5.75 Å². The minimum absolute atomic E-state index is 0.0656. The summed E-state index contributed by atoms with van der Waals surface area (Å²) in [6, 6.07) is 5.42. The van der Waals surface area contributed by atoms with Gasteiger partial charge < -0.3 is 25.1 Å². The maximum absolute atomic E-state index is 12.5. The molecule has 0 saturated heterocycles. The number of likely N-dealkylation sites (N-methyl/N-ethyl adjacent to an activating group) is 2. The summed E-state index contributed by atoms with van der Waals surface area (Å²) in [5.74, 6) is 0.369. The first kappa shape index (κ1) is 16.8. The number of halogens is 1. The van der Waals surface area contributed by atoms with E-state index in [1.54, 1.807) is 37.2 Å². The summed E-state index contributed by atoms with van der Waals surface area (Å²) in [7, 11) is 3.27. The highest BCUT2D eigenvalue weighted by Crippen LogP contribution is 2.25. The Balaban J connectivity index is 2.12. The molecule has 1 aromatic carbocycles. The molecule has 0 spiro atoms.